The second kappa shape index (κ2) is 6.80. The van der Waals surface area contributed by atoms with Crippen LogP contribution in [0.15, 0.2) is 55.0 Å². The molecule has 2 N–H and O–H groups in total. The molecule has 0 atom stereocenters. The van der Waals surface area contributed by atoms with Crippen molar-refractivity contribution in [2.75, 3.05) is 23.8 Å². The highest BCUT2D eigenvalue weighted by atomic mass is 19.2. The molecule has 150 valence electrons. The van der Waals surface area contributed by atoms with Crippen LogP contribution < -0.4 is 15.4 Å². The first-order valence-electron chi connectivity index (χ1n) is 9.14. The second-order valence-electron chi connectivity index (χ2n) is 6.77. The van der Waals surface area contributed by atoms with E-state index >= 15 is 0 Å². The fourth-order valence-corrected chi connectivity index (χ4v) is 3.57. The molecule has 9 heteroatoms. The van der Waals surface area contributed by atoms with E-state index in [1.807, 2.05) is 18.2 Å². The molecular weight excluding hydrogens is 392 g/mol. The lowest BCUT2D eigenvalue weighted by Crippen LogP contribution is -2.32. The van der Waals surface area contributed by atoms with E-state index in [2.05, 4.69) is 9.97 Å². The van der Waals surface area contributed by atoms with Crippen molar-refractivity contribution >= 4 is 28.3 Å². The molecule has 2 aromatic heterocycles. The van der Waals surface area contributed by atoms with Crippen molar-refractivity contribution in [2.24, 2.45) is 0 Å². The molecule has 0 saturated heterocycles. The zero-order valence-corrected chi connectivity index (χ0v) is 15.5. The average molecular weight is 407 g/mol. The Balaban J connectivity index is 1.55. The predicted octanol–water partition coefficient (Wildman–Crippen LogP) is 3.32. The zero-order valence-electron chi connectivity index (χ0n) is 15.5. The van der Waals surface area contributed by atoms with Crippen LogP contribution in [0.2, 0.25) is 0 Å². The maximum atomic E-state index is 13.6. The minimum atomic E-state index is -0.917. The van der Waals surface area contributed by atoms with Crippen molar-refractivity contribution < 1.29 is 18.3 Å². The molecule has 2 aromatic carbocycles. The summed E-state index contributed by atoms with van der Waals surface area (Å²) in [5, 5.41) is 0.827. The quantitative estimate of drug-likeness (QED) is 0.551. The Morgan fingerprint density at radius 2 is 1.83 bits per heavy atom. The van der Waals surface area contributed by atoms with E-state index in [4.69, 9.17) is 10.5 Å². The van der Waals surface area contributed by atoms with Crippen molar-refractivity contribution in [1.29, 1.82) is 0 Å². The topological polar surface area (TPSA) is 86.3 Å². The molecule has 1 aliphatic heterocycles. The highest BCUT2D eigenvalue weighted by molar-refractivity contribution is 6.11. The lowest BCUT2D eigenvalue weighted by atomic mass is 10.2. The molecule has 1 amide bonds. The van der Waals surface area contributed by atoms with Crippen molar-refractivity contribution in [3.8, 4) is 11.6 Å². The van der Waals surface area contributed by atoms with Gasteiger partial charge >= 0.3 is 0 Å². The summed E-state index contributed by atoms with van der Waals surface area (Å²) in [4.78, 5) is 22.5. The maximum absolute atomic E-state index is 13.6. The van der Waals surface area contributed by atoms with Gasteiger partial charge in [0.1, 0.15) is 24.3 Å². The van der Waals surface area contributed by atoms with Crippen LogP contribution in [0.4, 0.5) is 20.3 Å². The summed E-state index contributed by atoms with van der Waals surface area (Å²) in [6, 6.07) is 11.0. The average Bonchev–Trinajstić information content (AvgIpc) is 3.08. The van der Waals surface area contributed by atoms with Gasteiger partial charge < -0.3 is 19.9 Å². The molecule has 0 radical (unpaired) electrons. The summed E-state index contributed by atoms with van der Waals surface area (Å²) >= 11 is 0. The molecule has 3 heterocycles. The summed E-state index contributed by atoms with van der Waals surface area (Å²) in [5.41, 5.74) is 7.94. The van der Waals surface area contributed by atoms with Gasteiger partial charge in [-0.05, 0) is 36.4 Å². The molecule has 0 bridgehead atoms. The number of ether oxygens (including phenoxy) is 1. The van der Waals surface area contributed by atoms with E-state index in [9.17, 15) is 13.6 Å². The number of carbonyl (C=O) groups excluding carboxylic acids is 1. The highest BCUT2D eigenvalue weighted by Crippen LogP contribution is 2.30. The molecular formula is C21H15F2N5O2. The summed E-state index contributed by atoms with van der Waals surface area (Å²) in [6.45, 7) is 0.563. The van der Waals surface area contributed by atoms with Crippen LogP contribution in [-0.2, 0) is 0 Å². The Bertz CT molecular complexity index is 1300. The second-order valence-corrected chi connectivity index (χ2v) is 6.77. The minimum Gasteiger partial charge on any atom is -0.475 e. The number of amides is 1. The first-order chi connectivity index (χ1) is 14.5. The maximum Gasteiger partial charge on any atom is 0.267 e. The van der Waals surface area contributed by atoms with Crippen LogP contribution in [0.1, 0.15) is 10.4 Å². The highest BCUT2D eigenvalue weighted by Gasteiger charge is 2.28. The Hall–Kier alpha value is -4.01. The number of nitrogens with two attached hydrogens (primary N) is 1. The van der Waals surface area contributed by atoms with Crippen molar-refractivity contribution in [1.82, 2.24) is 14.5 Å². The largest absolute Gasteiger partial charge is 0.475 e. The lowest BCUT2D eigenvalue weighted by Gasteiger charge is -2.20. The molecule has 0 aliphatic carbocycles. The zero-order chi connectivity index (χ0) is 20.8. The van der Waals surface area contributed by atoms with E-state index in [0.29, 0.717) is 17.9 Å². The Kier molecular flexibility index (Phi) is 4.09. The number of aromatic nitrogens is 3. The van der Waals surface area contributed by atoms with E-state index in [1.165, 1.54) is 12.4 Å². The third-order valence-corrected chi connectivity index (χ3v) is 5.02. The monoisotopic (exact) mass is 407 g/mol. The summed E-state index contributed by atoms with van der Waals surface area (Å²) in [6.07, 6.45) is 3.01. The minimum absolute atomic E-state index is 0.0578. The molecule has 0 fully saturated rings. The molecule has 0 unspecified atom stereocenters. The van der Waals surface area contributed by atoms with Gasteiger partial charge in [-0.3, -0.25) is 4.79 Å². The molecule has 0 spiro atoms. The summed E-state index contributed by atoms with van der Waals surface area (Å²) in [5.74, 6) is -1.94. The number of carbonyl (C=O) groups is 1. The number of fused-ring (bicyclic) bond motifs is 2. The SMILES string of the molecule is Nc1ncnc2c1C(=O)N(c1ccc3c(ccn3-c3ccc(F)c(F)c3)c1)CCO2. The third-order valence-electron chi connectivity index (χ3n) is 5.02. The first kappa shape index (κ1) is 18.0. The van der Waals surface area contributed by atoms with Crippen LogP contribution >= 0.6 is 0 Å². The third kappa shape index (κ3) is 2.83. The van der Waals surface area contributed by atoms with Crippen LogP contribution in [0.3, 0.4) is 0 Å². The standard InChI is InChI=1S/C21H15F2N5O2/c22-15-3-1-14(10-16(15)23)27-6-5-12-9-13(2-4-17(12)27)28-7-8-30-20-18(21(28)29)19(24)25-11-26-20/h1-6,9-11H,7-8H2,(H2,24,25,26). The van der Waals surface area contributed by atoms with Gasteiger partial charge in [0.05, 0.1) is 12.1 Å². The number of hydrogen-bond donors (Lipinski definition) is 1. The van der Waals surface area contributed by atoms with Crippen molar-refractivity contribution in [2.45, 2.75) is 0 Å². The van der Waals surface area contributed by atoms with Gasteiger partial charge in [0.25, 0.3) is 5.91 Å². The number of halogens is 2. The fourth-order valence-electron chi connectivity index (χ4n) is 3.57. The Labute approximate surface area is 169 Å². The summed E-state index contributed by atoms with van der Waals surface area (Å²) in [7, 11) is 0. The molecule has 5 rings (SSSR count). The number of anilines is 2. The molecule has 1 aliphatic rings. The molecule has 0 saturated carbocycles. The van der Waals surface area contributed by atoms with Crippen molar-refractivity contribution in [3.63, 3.8) is 0 Å². The Morgan fingerprint density at radius 1 is 1.00 bits per heavy atom. The first-order valence-corrected chi connectivity index (χ1v) is 9.14. The number of nitrogen functional groups attached to an aromatic ring is 1. The normalized spacial score (nSPS) is 13.8. The number of nitrogens with zero attached hydrogens (tertiary/aromatic N) is 4. The van der Waals surface area contributed by atoms with E-state index in [0.717, 1.165) is 23.0 Å². The smallest absolute Gasteiger partial charge is 0.267 e. The van der Waals surface area contributed by atoms with Gasteiger partial charge in [0, 0.05) is 29.0 Å². The van der Waals surface area contributed by atoms with Gasteiger partial charge in [-0.1, -0.05) is 0 Å². The molecule has 30 heavy (non-hydrogen) atoms. The number of benzene rings is 2. The van der Waals surface area contributed by atoms with E-state index < -0.39 is 11.6 Å². The van der Waals surface area contributed by atoms with Crippen LogP contribution in [0.5, 0.6) is 5.88 Å². The van der Waals surface area contributed by atoms with E-state index in [1.54, 1.807) is 21.7 Å². The van der Waals surface area contributed by atoms with Gasteiger partial charge in [-0.15, -0.1) is 0 Å². The fraction of sp³-hybridized carbons (Fsp3) is 0.0952. The van der Waals surface area contributed by atoms with Gasteiger partial charge in [-0.25, -0.2) is 18.7 Å². The van der Waals surface area contributed by atoms with Crippen molar-refractivity contribution in [3.05, 3.63) is 72.2 Å². The predicted molar refractivity (Wildman–Crippen MR) is 107 cm³/mol. The van der Waals surface area contributed by atoms with Crippen LogP contribution in [0.25, 0.3) is 16.6 Å². The molecule has 7 nitrogen and oxygen atoms in total. The number of hydrogen-bond acceptors (Lipinski definition) is 5. The lowest BCUT2D eigenvalue weighted by molar-refractivity contribution is 0.0990. The van der Waals surface area contributed by atoms with Crippen LogP contribution in [-0.4, -0.2) is 33.6 Å². The van der Waals surface area contributed by atoms with Gasteiger partial charge in [0.15, 0.2) is 11.6 Å². The van der Waals surface area contributed by atoms with E-state index in [-0.39, 0.29) is 29.8 Å². The summed E-state index contributed by atoms with van der Waals surface area (Å²) < 4.78 is 34.2. The van der Waals surface area contributed by atoms with Crippen LogP contribution in [0, 0.1) is 11.6 Å². The molecule has 4 aromatic rings. The van der Waals surface area contributed by atoms with Gasteiger partial charge in [-0.2, -0.15) is 0 Å². The Morgan fingerprint density at radius 3 is 2.67 bits per heavy atom. The van der Waals surface area contributed by atoms with Gasteiger partial charge in [0.2, 0.25) is 5.88 Å². The number of rotatable bonds is 2.